The van der Waals surface area contributed by atoms with E-state index in [1.807, 2.05) is 19.9 Å². The van der Waals surface area contributed by atoms with Gasteiger partial charge in [0.05, 0.1) is 6.42 Å². The maximum atomic E-state index is 12.4. The highest BCUT2D eigenvalue weighted by Gasteiger charge is 2.22. The van der Waals surface area contributed by atoms with Gasteiger partial charge in [0.2, 0.25) is 0 Å². The molecule has 0 bridgehead atoms. The number of halogens is 1. The number of carbonyl (C=O) groups excluding carboxylic acids is 1. The zero-order valence-electron chi connectivity index (χ0n) is 11.3. The number of amides is 1. The molecule has 0 aliphatic carbocycles. The lowest BCUT2D eigenvalue weighted by atomic mass is 10.1. The second-order valence-corrected chi connectivity index (χ2v) is 5.36. The van der Waals surface area contributed by atoms with Crippen LogP contribution < -0.4 is 0 Å². The van der Waals surface area contributed by atoms with E-state index in [1.54, 1.807) is 24.0 Å². The SMILES string of the molecule is CCN(C(=O)c1ccc(C)c(Br)c1)C(C)CC(=O)O. The number of aryl methyl sites for hydroxylation is 1. The number of hydrogen-bond acceptors (Lipinski definition) is 2. The molecule has 1 aromatic rings. The fourth-order valence-electron chi connectivity index (χ4n) is 1.91. The first-order valence-corrected chi connectivity index (χ1v) is 6.95. The topological polar surface area (TPSA) is 57.6 Å². The van der Waals surface area contributed by atoms with Crippen LogP contribution >= 0.6 is 15.9 Å². The standard InChI is InChI=1S/C14H18BrNO3/c1-4-16(10(3)7-13(17)18)14(19)11-6-5-9(2)12(15)8-11/h5-6,8,10H,4,7H2,1-3H3,(H,17,18). The first-order chi connectivity index (χ1) is 8.86. The number of carbonyl (C=O) groups is 2. The molecule has 0 aliphatic heterocycles. The van der Waals surface area contributed by atoms with E-state index in [2.05, 4.69) is 15.9 Å². The Bertz CT molecular complexity index is 488. The molecule has 0 heterocycles. The third-order valence-electron chi connectivity index (χ3n) is 3.02. The smallest absolute Gasteiger partial charge is 0.305 e. The zero-order chi connectivity index (χ0) is 14.6. The molecule has 1 amide bonds. The van der Waals surface area contributed by atoms with Gasteiger partial charge < -0.3 is 10.0 Å². The van der Waals surface area contributed by atoms with Crippen LogP contribution in [0.3, 0.4) is 0 Å². The van der Waals surface area contributed by atoms with Gasteiger partial charge in [-0.05, 0) is 38.5 Å². The highest BCUT2D eigenvalue weighted by atomic mass is 79.9. The van der Waals surface area contributed by atoms with Gasteiger partial charge in [0.15, 0.2) is 0 Å². The summed E-state index contributed by atoms with van der Waals surface area (Å²) in [4.78, 5) is 24.7. The third kappa shape index (κ3) is 4.06. The van der Waals surface area contributed by atoms with Gasteiger partial charge in [-0.3, -0.25) is 9.59 Å². The minimum absolute atomic E-state index is 0.0490. The van der Waals surface area contributed by atoms with Crippen molar-refractivity contribution in [3.05, 3.63) is 33.8 Å². The molecule has 5 heteroatoms. The molecule has 19 heavy (non-hydrogen) atoms. The molecule has 1 N–H and O–H groups in total. The zero-order valence-corrected chi connectivity index (χ0v) is 12.9. The van der Waals surface area contributed by atoms with Gasteiger partial charge >= 0.3 is 5.97 Å². The quantitative estimate of drug-likeness (QED) is 0.904. The number of hydrogen-bond donors (Lipinski definition) is 1. The molecule has 0 saturated carbocycles. The van der Waals surface area contributed by atoms with E-state index < -0.39 is 5.97 Å². The normalized spacial score (nSPS) is 12.0. The first kappa shape index (κ1) is 15.7. The van der Waals surface area contributed by atoms with Gasteiger partial charge in [0.1, 0.15) is 0 Å². The van der Waals surface area contributed by atoms with Crippen molar-refractivity contribution in [2.45, 2.75) is 33.2 Å². The van der Waals surface area contributed by atoms with Crippen LogP contribution in [0, 0.1) is 6.92 Å². The number of carboxylic acids is 1. The number of nitrogens with zero attached hydrogens (tertiary/aromatic N) is 1. The second-order valence-electron chi connectivity index (χ2n) is 4.50. The fraction of sp³-hybridized carbons (Fsp3) is 0.429. The molecule has 0 aliphatic rings. The summed E-state index contributed by atoms with van der Waals surface area (Å²) >= 11 is 3.40. The van der Waals surface area contributed by atoms with Crippen LogP contribution in [0.15, 0.2) is 22.7 Å². The molecule has 0 radical (unpaired) electrons. The molecule has 0 spiro atoms. The van der Waals surface area contributed by atoms with E-state index in [0.29, 0.717) is 12.1 Å². The summed E-state index contributed by atoms with van der Waals surface area (Å²) in [6, 6.07) is 5.08. The van der Waals surface area contributed by atoms with Gasteiger partial charge in [-0.15, -0.1) is 0 Å². The minimum atomic E-state index is -0.899. The average Bonchev–Trinajstić information content (AvgIpc) is 2.32. The Morgan fingerprint density at radius 2 is 2.05 bits per heavy atom. The van der Waals surface area contributed by atoms with Crippen LogP contribution in [-0.4, -0.2) is 34.5 Å². The number of rotatable bonds is 5. The first-order valence-electron chi connectivity index (χ1n) is 6.15. The van der Waals surface area contributed by atoms with Gasteiger partial charge in [0, 0.05) is 22.6 Å². The Labute approximate surface area is 121 Å². The Morgan fingerprint density at radius 3 is 2.53 bits per heavy atom. The summed E-state index contributed by atoms with van der Waals surface area (Å²) in [6.45, 7) is 6.03. The van der Waals surface area contributed by atoms with Crippen molar-refractivity contribution in [3.8, 4) is 0 Å². The largest absolute Gasteiger partial charge is 0.481 e. The fourth-order valence-corrected chi connectivity index (χ4v) is 2.29. The summed E-state index contributed by atoms with van der Waals surface area (Å²) in [5.74, 6) is -1.04. The van der Waals surface area contributed by atoms with Crippen molar-refractivity contribution in [3.63, 3.8) is 0 Å². The second kappa shape index (κ2) is 6.70. The number of aliphatic carboxylic acids is 1. The molecule has 1 rings (SSSR count). The van der Waals surface area contributed by atoms with Gasteiger partial charge in [-0.1, -0.05) is 22.0 Å². The molecule has 4 nitrogen and oxygen atoms in total. The van der Waals surface area contributed by atoms with Crippen LogP contribution in [0.1, 0.15) is 36.2 Å². The summed E-state index contributed by atoms with van der Waals surface area (Å²) in [5.41, 5.74) is 1.62. The molecule has 0 saturated heterocycles. The van der Waals surface area contributed by atoms with Crippen LogP contribution in [0.4, 0.5) is 0 Å². The minimum Gasteiger partial charge on any atom is -0.481 e. The van der Waals surface area contributed by atoms with Gasteiger partial charge in [-0.25, -0.2) is 0 Å². The number of carboxylic acid groups (broad SMARTS) is 1. The van der Waals surface area contributed by atoms with E-state index in [4.69, 9.17) is 5.11 Å². The van der Waals surface area contributed by atoms with Crippen molar-refractivity contribution < 1.29 is 14.7 Å². The van der Waals surface area contributed by atoms with Crippen LogP contribution in [0.25, 0.3) is 0 Å². The Kier molecular flexibility index (Phi) is 5.54. The predicted molar refractivity (Wildman–Crippen MR) is 77.3 cm³/mol. The summed E-state index contributed by atoms with van der Waals surface area (Å²) in [7, 11) is 0. The maximum Gasteiger partial charge on any atom is 0.305 e. The lowest BCUT2D eigenvalue weighted by molar-refractivity contribution is -0.138. The van der Waals surface area contributed by atoms with Crippen molar-refractivity contribution in [2.75, 3.05) is 6.54 Å². The van der Waals surface area contributed by atoms with Crippen LogP contribution in [0.5, 0.6) is 0 Å². The van der Waals surface area contributed by atoms with Crippen LogP contribution in [-0.2, 0) is 4.79 Å². The predicted octanol–water partition coefficient (Wildman–Crippen LogP) is 3.08. The van der Waals surface area contributed by atoms with E-state index >= 15 is 0 Å². The van der Waals surface area contributed by atoms with Crippen molar-refractivity contribution in [2.24, 2.45) is 0 Å². The van der Waals surface area contributed by atoms with E-state index in [0.717, 1.165) is 10.0 Å². The lowest BCUT2D eigenvalue weighted by Gasteiger charge is -2.27. The van der Waals surface area contributed by atoms with Crippen molar-refractivity contribution >= 4 is 27.8 Å². The number of benzene rings is 1. The summed E-state index contributed by atoms with van der Waals surface area (Å²) < 4.78 is 0.875. The van der Waals surface area contributed by atoms with Gasteiger partial charge in [0.25, 0.3) is 5.91 Å². The monoisotopic (exact) mass is 327 g/mol. The Balaban J connectivity index is 2.94. The average molecular weight is 328 g/mol. The highest BCUT2D eigenvalue weighted by Crippen LogP contribution is 2.19. The molecular weight excluding hydrogens is 310 g/mol. The van der Waals surface area contributed by atoms with Crippen molar-refractivity contribution in [1.82, 2.24) is 4.90 Å². The maximum absolute atomic E-state index is 12.4. The van der Waals surface area contributed by atoms with E-state index in [1.165, 1.54) is 0 Å². The summed E-state index contributed by atoms with van der Waals surface area (Å²) in [5, 5.41) is 8.82. The Hall–Kier alpha value is -1.36. The molecule has 1 aromatic carbocycles. The lowest BCUT2D eigenvalue weighted by Crippen LogP contribution is -2.39. The highest BCUT2D eigenvalue weighted by molar-refractivity contribution is 9.10. The van der Waals surface area contributed by atoms with Crippen molar-refractivity contribution in [1.29, 1.82) is 0 Å². The van der Waals surface area contributed by atoms with E-state index in [9.17, 15) is 9.59 Å². The molecule has 0 fully saturated rings. The van der Waals surface area contributed by atoms with Gasteiger partial charge in [-0.2, -0.15) is 0 Å². The Morgan fingerprint density at radius 1 is 1.42 bits per heavy atom. The molecule has 1 atom stereocenters. The molecule has 104 valence electrons. The van der Waals surface area contributed by atoms with E-state index in [-0.39, 0.29) is 18.4 Å². The molecule has 0 aromatic heterocycles. The van der Waals surface area contributed by atoms with Crippen LogP contribution in [0.2, 0.25) is 0 Å². The molecule has 1 unspecified atom stereocenters. The third-order valence-corrected chi connectivity index (χ3v) is 3.88. The summed E-state index contributed by atoms with van der Waals surface area (Å²) in [6.07, 6.45) is -0.0490. The molecular formula is C14H18BrNO3.